The fourth-order valence-corrected chi connectivity index (χ4v) is 2.39. The molecule has 64 valence electrons. The van der Waals surface area contributed by atoms with Crippen LogP contribution < -0.4 is 0 Å². The van der Waals surface area contributed by atoms with Crippen LogP contribution in [0, 0.1) is 11.3 Å². The highest BCUT2D eigenvalue weighted by Crippen LogP contribution is 2.23. The van der Waals surface area contributed by atoms with Gasteiger partial charge in [0.25, 0.3) is 0 Å². The van der Waals surface area contributed by atoms with Crippen LogP contribution in [-0.2, 0) is 6.42 Å². The Hall–Kier alpha value is -1.18. The van der Waals surface area contributed by atoms with Gasteiger partial charge >= 0.3 is 0 Å². The minimum absolute atomic E-state index is 0.412. The Bertz CT molecular complexity index is 423. The van der Waals surface area contributed by atoms with Crippen LogP contribution in [0.1, 0.15) is 5.01 Å². The second kappa shape index (κ2) is 3.69. The highest BCUT2D eigenvalue weighted by molar-refractivity contribution is 7.10. The molecule has 0 saturated heterocycles. The van der Waals surface area contributed by atoms with Gasteiger partial charge in [-0.15, -0.1) is 11.3 Å². The van der Waals surface area contributed by atoms with Crippen molar-refractivity contribution in [1.82, 2.24) is 4.98 Å². The fourth-order valence-electron chi connectivity index (χ4n) is 1.00. The van der Waals surface area contributed by atoms with Crippen molar-refractivity contribution in [3.63, 3.8) is 0 Å². The van der Waals surface area contributed by atoms with Crippen LogP contribution in [0.2, 0.25) is 0 Å². The van der Waals surface area contributed by atoms with Gasteiger partial charge in [-0.25, -0.2) is 4.98 Å². The molecule has 0 fully saturated rings. The summed E-state index contributed by atoms with van der Waals surface area (Å²) in [5.41, 5.74) is 2.13. The number of nitrogens with zero attached hydrogens (tertiary/aromatic N) is 2. The highest BCUT2D eigenvalue weighted by Gasteiger charge is 2.03. The van der Waals surface area contributed by atoms with Crippen molar-refractivity contribution in [3.05, 3.63) is 27.2 Å². The van der Waals surface area contributed by atoms with Gasteiger partial charge in [0.05, 0.1) is 18.2 Å². The van der Waals surface area contributed by atoms with Gasteiger partial charge in [0.1, 0.15) is 5.01 Å². The molecule has 2 aromatic heterocycles. The monoisotopic (exact) mass is 206 g/mol. The van der Waals surface area contributed by atoms with Crippen LogP contribution in [0.3, 0.4) is 0 Å². The van der Waals surface area contributed by atoms with Gasteiger partial charge in [0.2, 0.25) is 0 Å². The molecule has 0 N–H and O–H groups in total. The van der Waals surface area contributed by atoms with Crippen LogP contribution >= 0.6 is 22.7 Å². The Morgan fingerprint density at radius 3 is 3.08 bits per heavy atom. The maximum absolute atomic E-state index is 8.48. The minimum atomic E-state index is 0.412. The Morgan fingerprint density at radius 1 is 1.46 bits per heavy atom. The first-order chi connectivity index (χ1) is 6.40. The van der Waals surface area contributed by atoms with Gasteiger partial charge in [0.15, 0.2) is 0 Å². The van der Waals surface area contributed by atoms with Gasteiger partial charge in [-0.1, -0.05) is 0 Å². The number of hydrogen-bond donors (Lipinski definition) is 0. The number of thiazole rings is 1. The van der Waals surface area contributed by atoms with Crippen LogP contribution in [0.4, 0.5) is 0 Å². The van der Waals surface area contributed by atoms with Crippen LogP contribution in [0.25, 0.3) is 11.3 Å². The molecule has 0 spiro atoms. The molecule has 0 unspecified atom stereocenters. The highest BCUT2D eigenvalue weighted by atomic mass is 32.1. The summed E-state index contributed by atoms with van der Waals surface area (Å²) in [6.45, 7) is 0. The number of thiophene rings is 1. The second-order valence-electron chi connectivity index (χ2n) is 2.47. The van der Waals surface area contributed by atoms with Crippen molar-refractivity contribution < 1.29 is 0 Å². The molecule has 2 nitrogen and oxygen atoms in total. The van der Waals surface area contributed by atoms with E-state index in [9.17, 15) is 0 Å². The number of aromatic nitrogens is 1. The molecule has 0 saturated carbocycles. The normalized spacial score (nSPS) is 9.77. The largest absolute Gasteiger partial charge is 0.240 e. The van der Waals surface area contributed by atoms with Crippen LogP contribution in [-0.4, -0.2) is 4.98 Å². The molecule has 0 aliphatic heterocycles. The standard InChI is InChI=1S/C9H6N2S2/c10-3-1-9-11-8(6-13-9)7-2-4-12-5-7/h2,4-6H,1H2. The Morgan fingerprint density at radius 2 is 2.38 bits per heavy atom. The zero-order valence-corrected chi connectivity index (χ0v) is 8.36. The first kappa shape index (κ1) is 8.42. The van der Waals surface area contributed by atoms with E-state index in [1.54, 1.807) is 22.7 Å². The summed E-state index contributed by atoms with van der Waals surface area (Å²) < 4.78 is 0. The maximum Gasteiger partial charge on any atom is 0.107 e. The predicted octanol–water partition coefficient (Wildman–Crippen LogP) is 2.94. The van der Waals surface area contributed by atoms with E-state index in [2.05, 4.69) is 16.4 Å². The van der Waals surface area contributed by atoms with Crippen molar-refractivity contribution in [2.45, 2.75) is 6.42 Å². The summed E-state index contributed by atoms with van der Waals surface area (Å²) in [6, 6.07) is 4.13. The lowest BCUT2D eigenvalue weighted by atomic mass is 10.3. The quantitative estimate of drug-likeness (QED) is 0.757. The molecule has 0 amide bonds. The van der Waals surface area contributed by atoms with Crippen molar-refractivity contribution >= 4 is 22.7 Å². The molecule has 4 heteroatoms. The van der Waals surface area contributed by atoms with Crippen LogP contribution in [0.15, 0.2) is 22.2 Å². The number of rotatable bonds is 2. The van der Waals surface area contributed by atoms with E-state index in [1.165, 1.54) is 0 Å². The third kappa shape index (κ3) is 1.77. The van der Waals surface area contributed by atoms with E-state index in [4.69, 9.17) is 5.26 Å². The number of hydrogen-bond acceptors (Lipinski definition) is 4. The van der Waals surface area contributed by atoms with E-state index in [-0.39, 0.29) is 0 Å². The molecule has 0 bridgehead atoms. The zero-order valence-electron chi connectivity index (χ0n) is 6.73. The predicted molar refractivity (Wildman–Crippen MR) is 54.7 cm³/mol. The molecule has 2 heterocycles. The summed E-state index contributed by atoms with van der Waals surface area (Å²) in [5.74, 6) is 0. The van der Waals surface area contributed by atoms with Crippen molar-refractivity contribution in [3.8, 4) is 17.3 Å². The zero-order chi connectivity index (χ0) is 9.10. The SMILES string of the molecule is N#CCc1nc(-c2ccsc2)cs1. The molecular formula is C9H6N2S2. The van der Waals surface area contributed by atoms with E-state index in [1.807, 2.05) is 16.8 Å². The molecule has 0 aliphatic rings. The lowest BCUT2D eigenvalue weighted by Gasteiger charge is -1.86. The van der Waals surface area contributed by atoms with Gasteiger partial charge in [0, 0.05) is 16.3 Å². The molecule has 0 radical (unpaired) electrons. The molecule has 2 aromatic rings. The lowest BCUT2D eigenvalue weighted by molar-refractivity contribution is 1.19. The van der Waals surface area contributed by atoms with Crippen molar-refractivity contribution in [1.29, 1.82) is 5.26 Å². The second-order valence-corrected chi connectivity index (χ2v) is 4.20. The van der Waals surface area contributed by atoms with Crippen molar-refractivity contribution in [2.75, 3.05) is 0 Å². The Labute approximate surface area is 84.1 Å². The molecule has 0 aliphatic carbocycles. The molecular weight excluding hydrogens is 200 g/mol. The van der Waals surface area contributed by atoms with Gasteiger partial charge in [-0.05, 0) is 11.4 Å². The first-order valence-corrected chi connectivity index (χ1v) is 5.56. The Kier molecular flexibility index (Phi) is 2.39. The van der Waals surface area contributed by atoms with Crippen LogP contribution in [0.5, 0.6) is 0 Å². The molecule has 0 aromatic carbocycles. The average molecular weight is 206 g/mol. The minimum Gasteiger partial charge on any atom is -0.240 e. The molecule has 0 atom stereocenters. The van der Waals surface area contributed by atoms with Gasteiger partial charge in [-0.3, -0.25) is 0 Å². The topological polar surface area (TPSA) is 36.7 Å². The number of nitriles is 1. The van der Waals surface area contributed by atoms with E-state index >= 15 is 0 Å². The fraction of sp³-hybridized carbons (Fsp3) is 0.111. The average Bonchev–Trinajstić information content (AvgIpc) is 2.70. The third-order valence-electron chi connectivity index (χ3n) is 1.60. The Balaban J connectivity index is 2.29. The van der Waals surface area contributed by atoms with E-state index in [0.717, 1.165) is 16.3 Å². The first-order valence-electron chi connectivity index (χ1n) is 3.74. The summed E-state index contributed by atoms with van der Waals surface area (Å²) in [5, 5.41) is 15.5. The smallest absolute Gasteiger partial charge is 0.107 e. The van der Waals surface area contributed by atoms with E-state index < -0.39 is 0 Å². The summed E-state index contributed by atoms with van der Waals surface area (Å²) in [6.07, 6.45) is 0.412. The summed E-state index contributed by atoms with van der Waals surface area (Å²) in [7, 11) is 0. The van der Waals surface area contributed by atoms with Gasteiger partial charge in [-0.2, -0.15) is 16.6 Å². The van der Waals surface area contributed by atoms with Gasteiger partial charge < -0.3 is 0 Å². The third-order valence-corrected chi connectivity index (χ3v) is 3.13. The van der Waals surface area contributed by atoms with Crippen molar-refractivity contribution in [2.24, 2.45) is 0 Å². The maximum atomic E-state index is 8.48. The molecule has 13 heavy (non-hydrogen) atoms. The van der Waals surface area contributed by atoms with E-state index in [0.29, 0.717) is 6.42 Å². The summed E-state index contributed by atoms with van der Waals surface area (Å²) >= 11 is 3.20. The molecule has 2 rings (SSSR count). The summed E-state index contributed by atoms with van der Waals surface area (Å²) in [4.78, 5) is 4.35. The lowest BCUT2D eigenvalue weighted by Crippen LogP contribution is -1.79.